The van der Waals surface area contributed by atoms with E-state index in [0.717, 1.165) is 16.6 Å². The number of carbonyl (C=O) groups excluding carboxylic acids is 2. The number of ketones is 1. The summed E-state index contributed by atoms with van der Waals surface area (Å²) in [7, 11) is 0. The van der Waals surface area contributed by atoms with Crippen LogP contribution in [0, 0.1) is 12.1 Å². The number of Topliss-reactive ketones (excluding diaryl/α,β-unsaturated/α-hetero) is 1. The first kappa shape index (κ1) is 15.7. The Morgan fingerprint density at radius 3 is 2.54 bits per heavy atom. The predicted molar refractivity (Wildman–Crippen MR) is 87.6 cm³/mol. The van der Waals surface area contributed by atoms with Crippen LogP contribution in [0.2, 0.25) is 0 Å². The molecule has 6 nitrogen and oxygen atoms in total. The first-order valence-corrected chi connectivity index (χ1v) is 7.48. The number of H-pyrrole nitrogens is 1. The van der Waals surface area contributed by atoms with Crippen LogP contribution in [0.1, 0.15) is 33.3 Å². The van der Waals surface area contributed by atoms with Crippen molar-refractivity contribution >= 4 is 22.7 Å². The number of pyridine rings is 1. The molecule has 2 aromatic heterocycles. The number of fused-ring (bicyclic) bond motifs is 1. The SMILES string of the molecule is Cc1[nH]c2ccccc2c1C(=O)C(C)OC(=O)c1cc[n+]([O-])cc1. The molecule has 1 N–H and O–H groups in total. The minimum absolute atomic E-state index is 0.220. The quantitative estimate of drug-likeness (QED) is 0.346. The largest absolute Gasteiger partial charge is 0.619 e. The number of rotatable bonds is 4. The molecule has 0 aliphatic heterocycles. The van der Waals surface area contributed by atoms with E-state index in [-0.39, 0.29) is 11.3 Å². The third-order valence-electron chi connectivity index (χ3n) is 3.83. The van der Waals surface area contributed by atoms with Crippen LogP contribution in [0.5, 0.6) is 0 Å². The molecule has 2 heterocycles. The Morgan fingerprint density at radius 1 is 1.17 bits per heavy atom. The van der Waals surface area contributed by atoms with Crippen molar-refractivity contribution in [3.8, 4) is 0 Å². The summed E-state index contributed by atoms with van der Waals surface area (Å²) in [6.45, 7) is 3.35. The Bertz CT molecular complexity index is 912. The molecule has 0 spiro atoms. The van der Waals surface area contributed by atoms with Gasteiger partial charge in [0.25, 0.3) is 0 Å². The molecule has 3 aromatic rings. The van der Waals surface area contributed by atoms with Gasteiger partial charge in [0.15, 0.2) is 18.5 Å². The molecule has 24 heavy (non-hydrogen) atoms. The van der Waals surface area contributed by atoms with Gasteiger partial charge in [-0.3, -0.25) is 4.79 Å². The molecular formula is C18H16N2O4. The van der Waals surface area contributed by atoms with E-state index in [2.05, 4.69) is 4.98 Å². The topological polar surface area (TPSA) is 86.1 Å². The molecule has 0 aliphatic rings. The van der Waals surface area contributed by atoms with Crippen molar-refractivity contribution in [1.82, 2.24) is 4.98 Å². The average Bonchev–Trinajstić information content (AvgIpc) is 2.90. The third-order valence-corrected chi connectivity index (χ3v) is 3.83. The van der Waals surface area contributed by atoms with Crippen LogP contribution in [0.4, 0.5) is 0 Å². The Labute approximate surface area is 138 Å². The van der Waals surface area contributed by atoms with Crippen molar-refractivity contribution in [1.29, 1.82) is 0 Å². The number of esters is 1. The molecular weight excluding hydrogens is 308 g/mol. The molecule has 0 bridgehead atoms. The van der Waals surface area contributed by atoms with Crippen LogP contribution in [-0.4, -0.2) is 22.8 Å². The summed E-state index contributed by atoms with van der Waals surface area (Å²) < 4.78 is 5.82. The van der Waals surface area contributed by atoms with Crippen molar-refractivity contribution in [3.05, 3.63) is 70.8 Å². The zero-order valence-corrected chi connectivity index (χ0v) is 13.3. The van der Waals surface area contributed by atoms with Gasteiger partial charge in [-0.15, -0.1) is 0 Å². The highest BCUT2D eigenvalue weighted by Gasteiger charge is 2.25. The van der Waals surface area contributed by atoms with Crippen LogP contribution >= 0.6 is 0 Å². The van der Waals surface area contributed by atoms with E-state index in [1.54, 1.807) is 0 Å². The van der Waals surface area contributed by atoms with Crippen LogP contribution < -0.4 is 4.73 Å². The van der Waals surface area contributed by atoms with E-state index in [1.165, 1.54) is 31.5 Å². The van der Waals surface area contributed by atoms with Crippen molar-refractivity contribution in [3.63, 3.8) is 0 Å². The molecule has 1 aromatic carbocycles. The summed E-state index contributed by atoms with van der Waals surface area (Å²) in [5.41, 5.74) is 2.34. The number of carbonyl (C=O) groups is 2. The monoisotopic (exact) mass is 324 g/mol. The predicted octanol–water partition coefficient (Wildman–Crippen LogP) is 2.54. The van der Waals surface area contributed by atoms with Gasteiger partial charge < -0.3 is 14.9 Å². The molecule has 0 saturated carbocycles. The number of benzene rings is 1. The van der Waals surface area contributed by atoms with Gasteiger partial charge in [-0.25, -0.2) is 4.79 Å². The van der Waals surface area contributed by atoms with Gasteiger partial charge in [0.2, 0.25) is 5.78 Å². The Balaban J connectivity index is 1.82. The zero-order chi connectivity index (χ0) is 17.3. The van der Waals surface area contributed by atoms with Crippen LogP contribution in [0.15, 0.2) is 48.8 Å². The van der Waals surface area contributed by atoms with E-state index in [4.69, 9.17) is 4.74 Å². The number of hydrogen-bond donors (Lipinski definition) is 1. The summed E-state index contributed by atoms with van der Waals surface area (Å²) >= 11 is 0. The maximum absolute atomic E-state index is 12.7. The molecule has 0 radical (unpaired) electrons. The van der Waals surface area contributed by atoms with Gasteiger partial charge in [0.1, 0.15) is 0 Å². The molecule has 0 saturated heterocycles. The number of para-hydroxylation sites is 1. The summed E-state index contributed by atoms with van der Waals surface area (Å²) in [6, 6.07) is 10.2. The maximum atomic E-state index is 12.7. The summed E-state index contributed by atoms with van der Waals surface area (Å²) in [5.74, 6) is -0.915. The molecule has 0 fully saturated rings. The zero-order valence-electron chi connectivity index (χ0n) is 13.3. The van der Waals surface area contributed by atoms with Crippen molar-refractivity contribution in [2.24, 2.45) is 0 Å². The molecule has 1 atom stereocenters. The van der Waals surface area contributed by atoms with E-state index >= 15 is 0 Å². The molecule has 0 aliphatic carbocycles. The summed E-state index contributed by atoms with van der Waals surface area (Å²) in [5, 5.41) is 11.8. The number of hydrogen-bond acceptors (Lipinski definition) is 4. The Hall–Kier alpha value is -3.15. The van der Waals surface area contributed by atoms with E-state index < -0.39 is 12.1 Å². The molecule has 0 amide bonds. The molecule has 6 heteroatoms. The van der Waals surface area contributed by atoms with Crippen LogP contribution in [-0.2, 0) is 4.74 Å². The summed E-state index contributed by atoms with van der Waals surface area (Å²) in [4.78, 5) is 28.0. The second kappa shape index (κ2) is 6.16. The molecule has 1 unspecified atom stereocenters. The number of aromatic nitrogens is 2. The van der Waals surface area contributed by atoms with Gasteiger partial charge in [-0.1, -0.05) is 18.2 Å². The minimum Gasteiger partial charge on any atom is -0.619 e. The van der Waals surface area contributed by atoms with Gasteiger partial charge in [0.05, 0.1) is 5.56 Å². The molecule has 3 rings (SSSR count). The lowest BCUT2D eigenvalue weighted by Crippen LogP contribution is -2.27. The van der Waals surface area contributed by atoms with Crippen molar-refractivity contribution in [2.45, 2.75) is 20.0 Å². The van der Waals surface area contributed by atoms with Gasteiger partial charge >= 0.3 is 5.97 Å². The maximum Gasteiger partial charge on any atom is 0.339 e. The fraction of sp³-hybridized carbons (Fsp3) is 0.167. The van der Waals surface area contributed by atoms with Crippen molar-refractivity contribution < 1.29 is 19.1 Å². The lowest BCUT2D eigenvalue weighted by molar-refractivity contribution is -0.605. The van der Waals surface area contributed by atoms with Gasteiger partial charge in [0, 0.05) is 34.3 Å². The van der Waals surface area contributed by atoms with Gasteiger partial charge in [-0.05, 0) is 19.9 Å². The highest BCUT2D eigenvalue weighted by Crippen LogP contribution is 2.24. The van der Waals surface area contributed by atoms with Crippen LogP contribution in [0.3, 0.4) is 0 Å². The second-order valence-electron chi connectivity index (χ2n) is 5.53. The Kier molecular flexibility index (Phi) is 4.04. The van der Waals surface area contributed by atoms with E-state index in [0.29, 0.717) is 10.3 Å². The average molecular weight is 324 g/mol. The first-order chi connectivity index (χ1) is 11.5. The fourth-order valence-corrected chi connectivity index (χ4v) is 2.63. The normalized spacial score (nSPS) is 12.1. The standard InChI is InChI=1S/C18H16N2O4/c1-11-16(14-5-3-4-6-15(14)19-11)17(21)12(2)24-18(22)13-7-9-20(23)10-8-13/h3-10,12,19H,1-2H3. The number of ether oxygens (including phenoxy) is 1. The van der Waals surface area contributed by atoms with E-state index in [1.807, 2.05) is 31.2 Å². The highest BCUT2D eigenvalue weighted by molar-refractivity contribution is 6.11. The summed E-state index contributed by atoms with van der Waals surface area (Å²) in [6.07, 6.45) is 1.47. The fourth-order valence-electron chi connectivity index (χ4n) is 2.63. The second-order valence-corrected chi connectivity index (χ2v) is 5.53. The van der Waals surface area contributed by atoms with Crippen LogP contribution in [0.25, 0.3) is 10.9 Å². The minimum atomic E-state index is -0.935. The third kappa shape index (κ3) is 2.86. The van der Waals surface area contributed by atoms with E-state index in [9.17, 15) is 14.8 Å². The lowest BCUT2D eigenvalue weighted by Gasteiger charge is -2.12. The first-order valence-electron chi connectivity index (χ1n) is 7.48. The highest BCUT2D eigenvalue weighted by atomic mass is 16.5. The Morgan fingerprint density at radius 2 is 1.83 bits per heavy atom. The number of aryl methyl sites for hydroxylation is 1. The number of nitrogens with zero attached hydrogens (tertiary/aromatic N) is 1. The smallest absolute Gasteiger partial charge is 0.339 e. The number of aromatic amines is 1. The lowest BCUT2D eigenvalue weighted by atomic mass is 10.0. The number of nitrogens with one attached hydrogen (secondary N) is 1. The van der Waals surface area contributed by atoms with Gasteiger partial charge in [-0.2, -0.15) is 4.73 Å². The molecule has 122 valence electrons. The van der Waals surface area contributed by atoms with Crippen molar-refractivity contribution in [2.75, 3.05) is 0 Å².